The molecule has 234 valence electrons. The number of hydrogen-bond acceptors (Lipinski definition) is 7. The fraction of sp³-hybridized carbons (Fsp3) is 0.286. The van der Waals surface area contributed by atoms with E-state index in [1.54, 1.807) is 28.1 Å². The van der Waals surface area contributed by atoms with Gasteiger partial charge in [-0.05, 0) is 67.1 Å². The van der Waals surface area contributed by atoms with Crippen LogP contribution in [-0.4, -0.2) is 40.8 Å². The van der Waals surface area contributed by atoms with E-state index < -0.39 is 0 Å². The zero-order valence-corrected chi connectivity index (χ0v) is 26.9. The van der Waals surface area contributed by atoms with Gasteiger partial charge in [0.2, 0.25) is 5.91 Å². The lowest BCUT2D eigenvalue weighted by Crippen LogP contribution is -2.42. The largest absolute Gasteiger partial charge is 0.457 e. The molecule has 4 amide bonds. The van der Waals surface area contributed by atoms with Gasteiger partial charge in [-0.3, -0.25) is 14.5 Å². The molecule has 1 fully saturated rings. The Morgan fingerprint density at radius 1 is 1.09 bits per heavy atom. The number of piperidine rings is 1. The van der Waals surface area contributed by atoms with E-state index in [-0.39, 0.29) is 34.8 Å². The number of pyridine rings is 1. The van der Waals surface area contributed by atoms with Crippen molar-refractivity contribution in [2.75, 3.05) is 28.6 Å². The Balaban J connectivity index is 1.19. The number of nitrogens with zero attached hydrogens (tertiary/aromatic N) is 4. The van der Waals surface area contributed by atoms with Crippen molar-refractivity contribution in [3.05, 3.63) is 78.0 Å². The highest BCUT2D eigenvalue weighted by Gasteiger charge is 2.34. The van der Waals surface area contributed by atoms with E-state index in [4.69, 9.17) is 4.74 Å². The first-order valence-corrected chi connectivity index (χ1v) is 15.9. The first kappa shape index (κ1) is 30.8. The number of para-hydroxylation sites is 1. The van der Waals surface area contributed by atoms with Crippen molar-refractivity contribution in [2.24, 2.45) is 11.3 Å². The number of nitrogens with one attached hydrogen (secondary N) is 2. The predicted molar refractivity (Wildman–Crippen MR) is 180 cm³/mol. The summed E-state index contributed by atoms with van der Waals surface area (Å²) in [6.45, 7) is 8.50. The summed E-state index contributed by atoms with van der Waals surface area (Å²) in [5.74, 6) is 0.585. The number of urea groups is 1. The van der Waals surface area contributed by atoms with Crippen LogP contribution in [0, 0.1) is 29.6 Å². The SMILES string of the molecule is Cc1cc(Oc2ccccc2)ccc1N1C(=O)Nc2c(NC(=O)C3CCN(C(=O)/C(C#N)=C/C(C)(C)C)CC3)sc3nccc1c23. The number of hydrogen-bond donors (Lipinski definition) is 2. The van der Waals surface area contributed by atoms with Crippen LogP contribution in [0.15, 0.2) is 72.4 Å². The number of anilines is 4. The summed E-state index contributed by atoms with van der Waals surface area (Å²) in [6.07, 6.45) is 4.29. The third kappa shape index (κ3) is 6.17. The molecule has 4 heterocycles. The molecule has 11 heteroatoms. The molecule has 2 N–H and O–H groups in total. The monoisotopic (exact) mass is 634 g/mol. The third-order valence-electron chi connectivity index (χ3n) is 7.95. The van der Waals surface area contributed by atoms with Gasteiger partial charge in [-0.15, -0.1) is 0 Å². The average Bonchev–Trinajstić information content (AvgIpc) is 3.37. The fourth-order valence-corrected chi connectivity index (χ4v) is 6.80. The van der Waals surface area contributed by atoms with Crippen LogP contribution < -0.4 is 20.3 Å². The van der Waals surface area contributed by atoms with Gasteiger partial charge in [0.05, 0.1) is 22.4 Å². The zero-order chi connectivity index (χ0) is 32.6. The summed E-state index contributed by atoms with van der Waals surface area (Å²) in [4.78, 5) is 48.5. The highest BCUT2D eigenvalue weighted by Crippen LogP contribution is 2.49. The van der Waals surface area contributed by atoms with Gasteiger partial charge in [-0.25, -0.2) is 9.78 Å². The molecule has 46 heavy (non-hydrogen) atoms. The van der Waals surface area contributed by atoms with E-state index in [1.165, 1.54) is 11.3 Å². The molecule has 0 saturated carbocycles. The number of aromatic nitrogens is 1. The summed E-state index contributed by atoms with van der Waals surface area (Å²) in [7, 11) is 0. The minimum Gasteiger partial charge on any atom is -0.457 e. The normalized spacial score (nSPS) is 15.4. The Bertz CT molecular complexity index is 1910. The second kappa shape index (κ2) is 12.3. The number of rotatable bonds is 6. The van der Waals surface area contributed by atoms with E-state index >= 15 is 0 Å². The molecule has 10 nitrogen and oxygen atoms in total. The Labute approximate surface area is 271 Å². The summed E-state index contributed by atoms with van der Waals surface area (Å²) in [5.41, 5.74) is 2.57. The summed E-state index contributed by atoms with van der Waals surface area (Å²) in [6, 6.07) is 18.6. The minimum atomic E-state index is -0.350. The standard InChI is InChI=1S/C35H34N6O4S/c1-21-18-25(45-24-8-6-5-7-9-24)10-11-26(21)41-27-12-15-37-31-28(27)29(38-34(41)44)32(46-31)39-30(42)22-13-16-40(17-14-22)33(43)23(20-36)19-35(2,3)4/h5-12,15,18-19,22H,13-14,16-17H2,1-4H3,(H,38,44)(H,39,42)/b23-19+. The van der Waals surface area contributed by atoms with Crippen LogP contribution in [0.25, 0.3) is 10.2 Å². The lowest BCUT2D eigenvalue weighted by Gasteiger charge is -2.32. The van der Waals surface area contributed by atoms with Crippen LogP contribution >= 0.6 is 11.3 Å². The number of carbonyl (C=O) groups is 3. The van der Waals surface area contributed by atoms with E-state index in [1.807, 2.05) is 82.3 Å². The van der Waals surface area contributed by atoms with Gasteiger partial charge in [-0.1, -0.05) is 56.4 Å². The molecule has 4 aromatic rings. The summed E-state index contributed by atoms with van der Waals surface area (Å²) >= 11 is 1.31. The van der Waals surface area contributed by atoms with Crippen molar-refractivity contribution in [2.45, 2.75) is 40.5 Å². The highest BCUT2D eigenvalue weighted by molar-refractivity contribution is 7.23. The van der Waals surface area contributed by atoms with Gasteiger partial charge in [0, 0.05) is 25.2 Å². The molecular formula is C35H34N6O4S. The van der Waals surface area contributed by atoms with Crippen molar-refractivity contribution in [1.29, 1.82) is 5.26 Å². The highest BCUT2D eigenvalue weighted by atomic mass is 32.1. The van der Waals surface area contributed by atoms with Crippen molar-refractivity contribution < 1.29 is 19.1 Å². The molecule has 0 bridgehead atoms. The van der Waals surface area contributed by atoms with E-state index in [2.05, 4.69) is 15.6 Å². The molecule has 6 rings (SSSR count). The lowest BCUT2D eigenvalue weighted by atomic mass is 9.92. The molecule has 0 aliphatic carbocycles. The Morgan fingerprint density at radius 2 is 1.83 bits per heavy atom. The van der Waals surface area contributed by atoms with E-state index in [9.17, 15) is 19.6 Å². The van der Waals surface area contributed by atoms with Crippen molar-refractivity contribution in [3.8, 4) is 17.6 Å². The van der Waals surface area contributed by atoms with Crippen molar-refractivity contribution in [3.63, 3.8) is 0 Å². The van der Waals surface area contributed by atoms with Crippen LogP contribution in [0.5, 0.6) is 11.5 Å². The van der Waals surface area contributed by atoms with E-state index in [0.29, 0.717) is 58.6 Å². The number of allylic oxidation sites excluding steroid dienone is 1. The van der Waals surface area contributed by atoms with Crippen molar-refractivity contribution in [1.82, 2.24) is 9.88 Å². The van der Waals surface area contributed by atoms with Crippen LogP contribution in [0.2, 0.25) is 0 Å². The van der Waals surface area contributed by atoms with Crippen LogP contribution in [0.3, 0.4) is 0 Å². The molecular weight excluding hydrogens is 600 g/mol. The van der Waals surface area contributed by atoms with Crippen LogP contribution in [0.1, 0.15) is 39.2 Å². The van der Waals surface area contributed by atoms with Gasteiger partial charge in [0.1, 0.15) is 33.0 Å². The topological polar surface area (TPSA) is 128 Å². The molecule has 0 radical (unpaired) electrons. The molecule has 0 atom stereocenters. The zero-order valence-electron chi connectivity index (χ0n) is 26.1. The first-order valence-electron chi connectivity index (χ1n) is 15.1. The van der Waals surface area contributed by atoms with Gasteiger partial charge in [-0.2, -0.15) is 5.26 Å². The number of amides is 4. The van der Waals surface area contributed by atoms with Crippen LogP contribution in [-0.2, 0) is 9.59 Å². The Hall–Kier alpha value is -5.21. The Kier molecular flexibility index (Phi) is 8.23. The number of ether oxygens (including phenoxy) is 1. The Morgan fingerprint density at radius 3 is 2.50 bits per heavy atom. The number of aryl methyl sites for hydroxylation is 1. The second-order valence-corrected chi connectivity index (χ2v) is 13.5. The summed E-state index contributed by atoms with van der Waals surface area (Å²) in [5, 5.41) is 16.8. The number of carbonyl (C=O) groups excluding carboxylic acids is 3. The third-order valence-corrected chi connectivity index (χ3v) is 8.97. The maximum absolute atomic E-state index is 13.6. The van der Waals surface area contributed by atoms with Gasteiger partial charge >= 0.3 is 6.03 Å². The first-order chi connectivity index (χ1) is 22.0. The van der Waals surface area contributed by atoms with Crippen LogP contribution in [0.4, 0.5) is 26.9 Å². The van der Waals surface area contributed by atoms with Gasteiger partial charge in [0.15, 0.2) is 0 Å². The quantitative estimate of drug-likeness (QED) is 0.165. The second-order valence-electron chi connectivity index (χ2n) is 12.5. The average molecular weight is 635 g/mol. The molecule has 0 spiro atoms. The molecule has 0 unspecified atom stereocenters. The number of nitriles is 1. The maximum Gasteiger partial charge on any atom is 0.331 e. The number of thiophene rings is 1. The number of likely N-dealkylation sites (tertiary alicyclic amines) is 1. The summed E-state index contributed by atoms with van der Waals surface area (Å²) < 4.78 is 5.98. The van der Waals surface area contributed by atoms with E-state index in [0.717, 1.165) is 16.7 Å². The minimum absolute atomic E-state index is 0.125. The smallest absolute Gasteiger partial charge is 0.331 e. The fourth-order valence-electron chi connectivity index (χ4n) is 5.78. The maximum atomic E-state index is 13.6. The molecule has 2 aromatic carbocycles. The predicted octanol–water partition coefficient (Wildman–Crippen LogP) is 7.75. The molecule has 2 aliphatic rings. The molecule has 1 saturated heterocycles. The number of benzene rings is 2. The van der Waals surface area contributed by atoms with Gasteiger partial charge < -0.3 is 20.3 Å². The lowest BCUT2D eigenvalue weighted by molar-refractivity contribution is -0.130. The molecule has 2 aliphatic heterocycles. The van der Waals surface area contributed by atoms with Gasteiger partial charge in [0.25, 0.3) is 5.91 Å². The van der Waals surface area contributed by atoms with Crippen molar-refractivity contribution >= 4 is 61.5 Å². The molecule has 2 aromatic heterocycles.